The van der Waals surface area contributed by atoms with Crippen LogP contribution in [0.5, 0.6) is 0 Å². The molecule has 0 aliphatic carbocycles. The van der Waals surface area contributed by atoms with Crippen molar-refractivity contribution in [3.05, 3.63) is 29.8 Å². The normalized spacial score (nSPS) is 12.1. The quantitative estimate of drug-likeness (QED) is 0.558. The molecule has 1 rings (SSSR count). The summed E-state index contributed by atoms with van der Waals surface area (Å²) in [6.45, 7) is 4.27. The van der Waals surface area contributed by atoms with Gasteiger partial charge in [0.15, 0.2) is 0 Å². The predicted octanol–water partition coefficient (Wildman–Crippen LogP) is 3.29. The first kappa shape index (κ1) is 15.5. The molecule has 0 heterocycles. The Hall–Kier alpha value is -1.51. The number of nitrogens with two attached hydrogens (primary N) is 1. The molecule has 0 saturated heterocycles. The summed E-state index contributed by atoms with van der Waals surface area (Å²) in [4.78, 5) is 11.8. The van der Waals surface area contributed by atoms with Gasteiger partial charge < -0.3 is 11.1 Å². The average molecular weight is 262 g/mol. The molecule has 3 N–H and O–H groups in total. The fourth-order valence-electron chi connectivity index (χ4n) is 2.13. The number of amides is 1. The summed E-state index contributed by atoms with van der Waals surface area (Å²) in [7, 11) is 0. The Bertz CT molecular complexity index is 390. The number of carbonyl (C=O) groups excluding carboxylic acids is 1. The molecular weight excluding hydrogens is 236 g/mol. The van der Waals surface area contributed by atoms with Crippen LogP contribution < -0.4 is 11.1 Å². The van der Waals surface area contributed by atoms with Gasteiger partial charge >= 0.3 is 0 Å². The van der Waals surface area contributed by atoms with Crippen LogP contribution in [0.15, 0.2) is 24.3 Å². The largest absolute Gasteiger partial charge is 0.399 e. The number of carbonyl (C=O) groups is 1. The fraction of sp³-hybridized carbons (Fsp3) is 0.562. The SMILES string of the molecule is CCCCCC(C)NC(=O)CCc1cccc(N)c1. The van der Waals surface area contributed by atoms with E-state index in [0.717, 1.165) is 24.1 Å². The van der Waals surface area contributed by atoms with Crippen LogP contribution >= 0.6 is 0 Å². The predicted molar refractivity (Wildman–Crippen MR) is 80.9 cm³/mol. The monoisotopic (exact) mass is 262 g/mol. The molecule has 0 aromatic heterocycles. The van der Waals surface area contributed by atoms with Crippen molar-refractivity contribution in [2.24, 2.45) is 0 Å². The van der Waals surface area contributed by atoms with Crippen molar-refractivity contribution in [1.29, 1.82) is 0 Å². The van der Waals surface area contributed by atoms with Crippen molar-refractivity contribution in [2.45, 2.75) is 58.4 Å². The molecule has 1 aromatic carbocycles. The summed E-state index contributed by atoms with van der Waals surface area (Å²) >= 11 is 0. The maximum Gasteiger partial charge on any atom is 0.220 e. The Balaban J connectivity index is 2.24. The Morgan fingerprint density at radius 1 is 1.37 bits per heavy atom. The second-order valence-corrected chi connectivity index (χ2v) is 5.21. The third-order valence-electron chi connectivity index (χ3n) is 3.24. The van der Waals surface area contributed by atoms with E-state index in [-0.39, 0.29) is 11.9 Å². The van der Waals surface area contributed by atoms with Crippen molar-refractivity contribution in [3.63, 3.8) is 0 Å². The molecule has 0 fully saturated rings. The molecule has 0 bridgehead atoms. The van der Waals surface area contributed by atoms with Gasteiger partial charge in [0.25, 0.3) is 0 Å². The zero-order valence-electron chi connectivity index (χ0n) is 12.1. The lowest BCUT2D eigenvalue weighted by Crippen LogP contribution is -2.32. The van der Waals surface area contributed by atoms with E-state index >= 15 is 0 Å². The van der Waals surface area contributed by atoms with Crippen LogP contribution in [0, 0.1) is 0 Å². The standard InChI is InChI=1S/C16H26N2O/c1-3-4-5-7-13(2)18-16(19)11-10-14-8-6-9-15(17)12-14/h6,8-9,12-13H,3-5,7,10-11,17H2,1-2H3,(H,18,19). The molecular formula is C16H26N2O. The summed E-state index contributed by atoms with van der Waals surface area (Å²) in [5.41, 5.74) is 7.59. The van der Waals surface area contributed by atoms with E-state index < -0.39 is 0 Å². The van der Waals surface area contributed by atoms with Gasteiger partial charge in [0, 0.05) is 18.2 Å². The first-order valence-corrected chi connectivity index (χ1v) is 7.25. The van der Waals surface area contributed by atoms with Crippen LogP contribution in [-0.2, 0) is 11.2 Å². The fourth-order valence-corrected chi connectivity index (χ4v) is 2.13. The lowest BCUT2D eigenvalue weighted by atomic mass is 10.1. The molecule has 106 valence electrons. The molecule has 0 radical (unpaired) electrons. The minimum atomic E-state index is 0.131. The number of unbranched alkanes of at least 4 members (excludes halogenated alkanes) is 2. The van der Waals surface area contributed by atoms with Gasteiger partial charge in [-0.3, -0.25) is 4.79 Å². The van der Waals surface area contributed by atoms with E-state index in [4.69, 9.17) is 5.73 Å². The Morgan fingerprint density at radius 2 is 2.16 bits per heavy atom. The van der Waals surface area contributed by atoms with E-state index in [1.807, 2.05) is 24.3 Å². The third kappa shape index (κ3) is 6.85. The number of rotatable bonds is 8. The minimum absolute atomic E-state index is 0.131. The topological polar surface area (TPSA) is 55.1 Å². The Morgan fingerprint density at radius 3 is 2.84 bits per heavy atom. The number of aryl methyl sites for hydroxylation is 1. The highest BCUT2D eigenvalue weighted by molar-refractivity contribution is 5.76. The van der Waals surface area contributed by atoms with Gasteiger partial charge in [-0.2, -0.15) is 0 Å². The van der Waals surface area contributed by atoms with Crippen molar-refractivity contribution in [3.8, 4) is 0 Å². The van der Waals surface area contributed by atoms with Gasteiger partial charge in [-0.25, -0.2) is 0 Å². The molecule has 3 nitrogen and oxygen atoms in total. The maximum absolute atomic E-state index is 11.8. The first-order chi connectivity index (χ1) is 9.11. The van der Waals surface area contributed by atoms with Crippen molar-refractivity contribution >= 4 is 11.6 Å². The number of hydrogen-bond acceptors (Lipinski definition) is 2. The number of benzene rings is 1. The minimum Gasteiger partial charge on any atom is -0.399 e. The lowest BCUT2D eigenvalue weighted by Gasteiger charge is -2.13. The van der Waals surface area contributed by atoms with E-state index in [0.29, 0.717) is 6.42 Å². The van der Waals surface area contributed by atoms with Crippen LogP contribution in [0.25, 0.3) is 0 Å². The Kier molecular flexibility index (Phi) is 7.01. The van der Waals surface area contributed by atoms with Gasteiger partial charge in [-0.1, -0.05) is 38.3 Å². The van der Waals surface area contributed by atoms with Crippen LogP contribution in [0.1, 0.15) is 51.5 Å². The van der Waals surface area contributed by atoms with E-state index in [1.54, 1.807) is 0 Å². The molecule has 1 atom stereocenters. The molecule has 0 aliphatic rings. The van der Waals surface area contributed by atoms with Gasteiger partial charge in [0.2, 0.25) is 5.91 Å². The molecule has 1 aromatic rings. The van der Waals surface area contributed by atoms with Crippen LogP contribution in [0.2, 0.25) is 0 Å². The van der Waals surface area contributed by atoms with Gasteiger partial charge in [-0.05, 0) is 37.5 Å². The third-order valence-corrected chi connectivity index (χ3v) is 3.24. The number of nitrogen functional groups attached to an aromatic ring is 1. The van der Waals surface area contributed by atoms with Gasteiger partial charge in [0.05, 0.1) is 0 Å². The lowest BCUT2D eigenvalue weighted by molar-refractivity contribution is -0.121. The van der Waals surface area contributed by atoms with Crippen molar-refractivity contribution < 1.29 is 4.79 Å². The summed E-state index contributed by atoms with van der Waals surface area (Å²) in [5.74, 6) is 0.131. The van der Waals surface area contributed by atoms with E-state index in [1.165, 1.54) is 19.3 Å². The highest BCUT2D eigenvalue weighted by Gasteiger charge is 2.07. The van der Waals surface area contributed by atoms with Gasteiger partial charge in [0.1, 0.15) is 0 Å². The van der Waals surface area contributed by atoms with Crippen LogP contribution in [0.4, 0.5) is 5.69 Å². The summed E-state index contributed by atoms with van der Waals surface area (Å²) in [6, 6.07) is 8.00. The van der Waals surface area contributed by atoms with E-state index in [9.17, 15) is 4.79 Å². The molecule has 0 saturated carbocycles. The summed E-state index contributed by atoms with van der Waals surface area (Å²) in [5, 5.41) is 3.05. The summed E-state index contributed by atoms with van der Waals surface area (Å²) in [6.07, 6.45) is 5.99. The molecule has 0 spiro atoms. The van der Waals surface area contributed by atoms with E-state index in [2.05, 4.69) is 19.2 Å². The Labute approximate surface area is 116 Å². The summed E-state index contributed by atoms with van der Waals surface area (Å²) < 4.78 is 0. The van der Waals surface area contributed by atoms with Crippen molar-refractivity contribution in [1.82, 2.24) is 5.32 Å². The zero-order valence-corrected chi connectivity index (χ0v) is 12.1. The highest BCUT2D eigenvalue weighted by atomic mass is 16.1. The number of hydrogen-bond donors (Lipinski definition) is 2. The van der Waals surface area contributed by atoms with Crippen LogP contribution in [0.3, 0.4) is 0 Å². The molecule has 3 heteroatoms. The number of anilines is 1. The molecule has 0 aliphatic heterocycles. The number of nitrogens with one attached hydrogen (secondary N) is 1. The van der Waals surface area contributed by atoms with Crippen LogP contribution in [-0.4, -0.2) is 11.9 Å². The maximum atomic E-state index is 11.8. The zero-order chi connectivity index (χ0) is 14.1. The average Bonchev–Trinajstić information content (AvgIpc) is 2.37. The molecule has 1 amide bonds. The molecule has 1 unspecified atom stereocenters. The first-order valence-electron chi connectivity index (χ1n) is 7.25. The smallest absolute Gasteiger partial charge is 0.220 e. The highest BCUT2D eigenvalue weighted by Crippen LogP contribution is 2.09. The van der Waals surface area contributed by atoms with Gasteiger partial charge in [-0.15, -0.1) is 0 Å². The second kappa shape index (κ2) is 8.57. The second-order valence-electron chi connectivity index (χ2n) is 5.21. The van der Waals surface area contributed by atoms with Crippen molar-refractivity contribution in [2.75, 3.05) is 5.73 Å². The molecule has 19 heavy (non-hydrogen) atoms.